The monoisotopic (exact) mass is 246 g/mol. The molecule has 1 aromatic carbocycles. The summed E-state index contributed by atoms with van der Waals surface area (Å²) in [6, 6.07) is 6.63. The van der Waals surface area contributed by atoms with Crippen molar-refractivity contribution in [3.63, 3.8) is 0 Å². The molecule has 0 amide bonds. The highest BCUT2D eigenvalue weighted by Crippen LogP contribution is 2.38. The van der Waals surface area contributed by atoms with Gasteiger partial charge in [-0.25, -0.2) is 0 Å². The Morgan fingerprint density at radius 3 is 2.50 bits per heavy atom. The minimum absolute atomic E-state index is 0.0686. The van der Waals surface area contributed by atoms with Crippen molar-refractivity contribution in [2.45, 2.75) is 45.4 Å². The maximum atomic E-state index is 11.5. The number of hydrogen-bond donors (Lipinski definition) is 0. The third kappa shape index (κ3) is 2.35. The molecule has 98 valence electrons. The average Bonchev–Trinajstić information content (AvgIpc) is 2.24. The fraction of sp³-hybridized carbons (Fsp3) is 0.562. The first-order valence-electron chi connectivity index (χ1n) is 6.63. The molecular formula is C16H22O2. The zero-order valence-corrected chi connectivity index (χ0v) is 11.7. The van der Waals surface area contributed by atoms with Crippen LogP contribution >= 0.6 is 0 Å². The number of Topliss-reactive ketones (excluding diaryl/α,β-unsaturated/α-hetero) is 1. The van der Waals surface area contributed by atoms with E-state index >= 15 is 0 Å². The van der Waals surface area contributed by atoms with E-state index in [9.17, 15) is 4.79 Å². The van der Waals surface area contributed by atoms with Crippen molar-refractivity contribution in [1.29, 1.82) is 0 Å². The predicted molar refractivity (Wildman–Crippen MR) is 73.1 cm³/mol. The van der Waals surface area contributed by atoms with Gasteiger partial charge in [-0.05, 0) is 36.5 Å². The topological polar surface area (TPSA) is 26.3 Å². The highest BCUT2D eigenvalue weighted by atomic mass is 16.5. The van der Waals surface area contributed by atoms with Gasteiger partial charge in [0, 0.05) is 11.8 Å². The lowest BCUT2D eigenvalue weighted by Crippen LogP contribution is -2.48. The Bertz CT molecular complexity index is 456. The molecule has 1 aromatic rings. The van der Waals surface area contributed by atoms with Crippen LogP contribution in [0.25, 0.3) is 0 Å². The molecule has 0 atom stereocenters. The maximum Gasteiger partial charge on any atom is 0.130 e. The summed E-state index contributed by atoms with van der Waals surface area (Å²) in [5, 5.41) is 0. The molecule has 2 rings (SSSR count). The van der Waals surface area contributed by atoms with E-state index in [2.05, 4.69) is 39.0 Å². The molecule has 1 heterocycles. The fourth-order valence-corrected chi connectivity index (χ4v) is 2.75. The maximum absolute atomic E-state index is 11.5. The molecule has 1 fully saturated rings. The van der Waals surface area contributed by atoms with Gasteiger partial charge in [-0.15, -0.1) is 0 Å². The summed E-state index contributed by atoms with van der Waals surface area (Å²) < 4.78 is 5.40. The van der Waals surface area contributed by atoms with Crippen LogP contribution in [-0.2, 0) is 14.9 Å². The second-order valence-corrected chi connectivity index (χ2v) is 5.88. The highest BCUT2D eigenvalue weighted by molar-refractivity contribution is 5.77. The minimum atomic E-state index is -0.0686. The largest absolute Gasteiger partial charge is 0.379 e. The van der Waals surface area contributed by atoms with Gasteiger partial charge in [-0.2, -0.15) is 0 Å². The first-order chi connectivity index (χ1) is 8.44. The van der Waals surface area contributed by atoms with Crippen molar-refractivity contribution in [2.24, 2.45) is 0 Å². The molecule has 0 aliphatic carbocycles. The van der Waals surface area contributed by atoms with Crippen molar-refractivity contribution in [3.8, 4) is 0 Å². The van der Waals surface area contributed by atoms with E-state index in [0.717, 1.165) is 0 Å². The minimum Gasteiger partial charge on any atom is -0.379 e. The lowest BCUT2D eigenvalue weighted by molar-refractivity contribution is -0.125. The molecule has 0 bridgehead atoms. The van der Waals surface area contributed by atoms with Crippen molar-refractivity contribution >= 4 is 5.78 Å². The second-order valence-electron chi connectivity index (χ2n) is 5.88. The van der Waals surface area contributed by atoms with E-state index in [1.807, 2.05) is 0 Å². The molecule has 2 heteroatoms. The molecule has 0 saturated carbocycles. The molecule has 1 aliphatic rings. The zero-order valence-electron chi connectivity index (χ0n) is 11.7. The van der Waals surface area contributed by atoms with Crippen LogP contribution in [0.2, 0.25) is 0 Å². The fourth-order valence-electron chi connectivity index (χ4n) is 2.75. The van der Waals surface area contributed by atoms with Gasteiger partial charge in [0.05, 0.1) is 13.2 Å². The van der Waals surface area contributed by atoms with Crippen LogP contribution in [0, 0.1) is 6.92 Å². The third-order valence-corrected chi connectivity index (χ3v) is 3.84. The van der Waals surface area contributed by atoms with Gasteiger partial charge in [-0.1, -0.05) is 32.0 Å². The molecule has 18 heavy (non-hydrogen) atoms. The van der Waals surface area contributed by atoms with Crippen LogP contribution in [0.5, 0.6) is 0 Å². The van der Waals surface area contributed by atoms with E-state index < -0.39 is 0 Å². The van der Waals surface area contributed by atoms with Gasteiger partial charge >= 0.3 is 0 Å². The molecule has 0 spiro atoms. The van der Waals surface area contributed by atoms with E-state index in [4.69, 9.17) is 4.74 Å². The van der Waals surface area contributed by atoms with Crippen LogP contribution in [0.4, 0.5) is 0 Å². The number of carbonyl (C=O) groups excluding carboxylic acids is 1. The number of benzene rings is 1. The van der Waals surface area contributed by atoms with Crippen molar-refractivity contribution in [2.75, 3.05) is 13.2 Å². The number of ketones is 1. The molecule has 1 saturated heterocycles. The average molecular weight is 246 g/mol. The standard InChI is InChI=1S/C16H22O2/c1-11(2)14-6-5-12(3)15(7-14)16(8-13(4)17)9-18-10-16/h5-7,11H,8-10H2,1-4H3. The summed E-state index contributed by atoms with van der Waals surface area (Å²) in [5.74, 6) is 0.757. The molecule has 0 unspecified atom stereocenters. The second kappa shape index (κ2) is 4.85. The summed E-state index contributed by atoms with van der Waals surface area (Å²) in [6.07, 6.45) is 0.593. The Balaban J connectivity index is 2.41. The van der Waals surface area contributed by atoms with E-state index in [1.54, 1.807) is 6.92 Å². The molecule has 1 aliphatic heterocycles. The Hall–Kier alpha value is -1.15. The Kier molecular flexibility index (Phi) is 3.58. The SMILES string of the molecule is CC(=O)CC1(c2cc(C(C)C)ccc2C)COC1. The number of hydrogen-bond acceptors (Lipinski definition) is 2. The Morgan fingerprint density at radius 2 is 2.06 bits per heavy atom. The van der Waals surface area contributed by atoms with E-state index in [0.29, 0.717) is 25.6 Å². The predicted octanol–water partition coefficient (Wildman–Crippen LogP) is 3.37. The number of rotatable bonds is 4. The Labute approximate surface area is 109 Å². The first kappa shape index (κ1) is 13.3. The summed E-state index contributed by atoms with van der Waals surface area (Å²) >= 11 is 0. The van der Waals surface area contributed by atoms with Gasteiger partial charge in [-0.3, -0.25) is 4.79 Å². The number of ether oxygens (including phenoxy) is 1. The number of carbonyl (C=O) groups is 1. The lowest BCUT2D eigenvalue weighted by Gasteiger charge is -2.42. The van der Waals surface area contributed by atoms with Crippen molar-refractivity contribution in [3.05, 3.63) is 34.9 Å². The normalized spacial score (nSPS) is 17.6. The van der Waals surface area contributed by atoms with Gasteiger partial charge in [0.2, 0.25) is 0 Å². The molecule has 0 N–H and O–H groups in total. The first-order valence-corrected chi connectivity index (χ1v) is 6.63. The van der Waals surface area contributed by atoms with E-state index in [1.165, 1.54) is 16.7 Å². The lowest BCUT2D eigenvalue weighted by atomic mass is 9.72. The number of aryl methyl sites for hydroxylation is 1. The molecular weight excluding hydrogens is 224 g/mol. The summed E-state index contributed by atoms with van der Waals surface area (Å²) in [7, 11) is 0. The van der Waals surface area contributed by atoms with Crippen LogP contribution in [0.15, 0.2) is 18.2 Å². The van der Waals surface area contributed by atoms with Crippen LogP contribution in [0.1, 0.15) is 49.8 Å². The van der Waals surface area contributed by atoms with Gasteiger partial charge < -0.3 is 4.74 Å². The van der Waals surface area contributed by atoms with Gasteiger partial charge in [0.1, 0.15) is 5.78 Å². The molecule has 2 nitrogen and oxygen atoms in total. The summed E-state index contributed by atoms with van der Waals surface area (Å²) in [6.45, 7) is 9.54. The molecule has 0 aromatic heterocycles. The smallest absolute Gasteiger partial charge is 0.130 e. The van der Waals surface area contributed by atoms with Crippen molar-refractivity contribution in [1.82, 2.24) is 0 Å². The highest BCUT2D eigenvalue weighted by Gasteiger charge is 2.42. The van der Waals surface area contributed by atoms with Crippen LogP contribution < -0.4 is 0 Å². The van der Waals surface area contributed by atoms with Crippen LogP contribution in [-0.4, -0.2) is 19.0 Å². The van der Waals surface area contributed by atoms with Gasteiger partial charge in [0.25, 0.3) is 0 Å². The molecule has 0 radical (unpaired) electrons. The summed E-state index contributed by atoms with van der Waals surface area (Å²) in [5.41, 5.74) is 3.84. The van der Waals surface area contributed by atoms with Crippen LogP contribution in [0.3, 0.4) is 0 Å². The Morgan fingerprint density at radius 1 is 1.39 bits per heavy atom. The third-order valence-electron chi connectivity index (χ3n) is 3.84. The van der Waals surface area contributed by atoms with Gasteiger partial charge in [0.15, 0.2) is 0 Å². The van der Waals surface area contributed by atoms with Crippen molar-refractivity contribution < 1.29 is 9.53 Å². The quantitative estimate of drug-likeness (QED) is 0.814. The van der Waals surface area contributed by atoms with E-state index in [-0.39, 0.29) is 11.2 Å². The zero-order chi connectivity index (χ0) is 13.3. The summed E-state index contributed by atoms with van der Waals surface area (Å²) in [4.78, 5) is 11.5.